The normalized spacial score (nSPS) is 9.85. The Hall–Kier alpha value is -2.46. The fourth-order valence-electron chi connectivity index (χ4n) is 1.47. The second-order valence-electron chi connectivity index (χ2n) is 3.73. The van der Waals surface area contributed by atoms with Crippen molar-refractivity contribution in [2.24, 2.45) is 0 Å². The van der Waals surface area contributed by atoms with E-state index in [9.17, 15) is 14.5 Å². The average molecular weight is 337 g/mol. The lowest BCUT2D eigenvalue weighted by Gasteiger charge is -2.07. The van der Waals surface area contributed by atoms with Gasteiger partial charge in [0, 0.05) is 12.1 Å². The number of nitrogens with zero attached hydrogens (tertiary/aromatic N) is 2. The number of ether oxygens (including phenoxy) is 1. The fraction of sp³-hybridized carbons (Fsp3) is 0. The molecule has 7 heteroatoms. The van der Waals surface area contributed by atoms with Gasteiger partial charge in [0.2, 0.25) is 5.75 Å². The number of halogens is 2. The third-order valence-corrected chi connectivity index (χ3v) is 3.02. The minimum Gasteiger partial charge on any atom is -0.450 e. The maximum Gasteiger partial charge on any atom is 0.312 e. The molecule has 0 aliphatic heterocycles. The summed E-state index contributed by atoms with van der Waals surface area (Å²) in [6, 6.07) is 9.84. The Balaban J connectivity index is 2.39. The largest absolute Gasteiger partial charge is 0.450 e. The van der Waals surface area contributed by atoms with Crippen LogP contribution in [-0.4, -0.2) is 4.92 Å². The molecule has 0 fully saturated rings. The van der Waals surface area contributed by atoms with E-state index in [1.165, 1.54) is 24.3 Å². The van der Waals surface area contributed by atoms with Crippen molar-refractivity contribution in [3.63, 3.8) is 0 Å². The maximum atomic E-state index is 13.5. The summed E-state index contributed by atoms with van der Waals surface area (Å²) in [5, 5.41) is 19.6. The molecule has 2 aromatic carbocycles. The number of hydrogen-bond donors (Lipinski definition) is 0. The molecule has 0 aliphatic carbocycles. The molecule has 0 spiro atoms. The van der Waals surface area contributed by atoms with Crippen LogP contribution in [0.4, 0.5) is 10.1 Å². The summed E-state index contributed by atoms with van der Waals surface area (Å²) in [5.41, 5.74) is 0.0662. The van der Waals surface area contributed by atoms with Gasteiger partial charge in [0.15, 0.2) is 0 Å². The van der Waals surface area contributed by atoms with Gasteiger partial charge in [-0.1, -0.05) is 0 Å². The van der Waals surface area contributed by atoms with Crippen molar-refractivity contribution in [2.75, 3.05) is 0 Å². The SMILES string of the molecule is N#Cc1ccc(Oc2cc(F)c(Br)cc2[N+](=O)[O-])cc1. The predicted molar refractivity (Wildman–Crippen MR) is 72.0 cm³/mol. The second-order valence-corrected chi connectivity index (χ2v) is 4.58. The Morgan fingerprint density at radius 2 is 1.95 bits per heavy atom. The van der Waals surface area contributed by atoms with Crippen LogP contribution in [0.15, 0.2) is 40.9 Å². The topological polar surface area (TPSA) is 76.2 Å². The van der Waals surface area contributed by atoms with E-state index in [1.807, 2.05) is 6.07 Å². The highest BCUT2D eigenvalue weighted by Gasteiger charge is 2.19. The zero-order valence-electron chi connectivity index (χ0n) is 9.84. The molecule has 0 aliphatic rings. The molecule has 0 bridgehead atoms. The Morgan fingerprint density at radius 3 is 2.50 bits per heavy atom. The van der Waals surface area contributed by atoms with E-state index in [-0.39, 0.29) is 21.7 Å². The zero-order valence-corrected chi connectivity index (χ0v) is 11.4. The Labute approximate surface area is 121 Å². The van der Waals surface area contributed by atoms with Gasteiger partial charge in [-0.2, -0.15) is 5.26 Å². The molecule has 0 aromatic heterocycles. The molecule has 100 valence electrons. The molecule has 2 rings (SSSR count). The second kappa shape index (κ2) is 5.67. The summed E-state index contributed by atoms with van der Waals surface area (Å²) in [6.07, 6.45) is 0. The van der Waals surface area contributed by atoms with Crippen LogP contribution in [0.25, 0.3) is 0 Å². The lowest BCUT2D eigenvalue weighted by molar-refractivity contribution is -0.385. The van der Waals surface area contributed by atoms with Crippen LogP contribution in [0, 0.1) is 27.3 Å². The molecule has 0 amide bonds. The Bertz CT molecular complexity index is 711. The molecule has 2 aromatic rings. The molecule has 0 unspecified atom stereocenters. The number of nitro groups is 1. The smallest absolute Gasteiger partial charge is 0.312 e. The molecule has 0 saturated heterocycles. The van der Waals surface area contributed by atoms with Gasteiger partial charge in [0.25, 0.3) is 0 Å². The molecule has 0 atom stereocenters. The van der Waals surface area contributed by atoms with E-state index in [2.05, 4.69) is 15.9 Å². The van der Waals surface area contributed by atoms with Crippen molar-refractivity contribution in [3.8, 4) is 17.6 Å². The van der Waals surface area contributed by atoms with Crippen molar-refractivity contribution in [3.05, 3.63) is 62.4 Å². The summed E-state index contributed by atoms with van der Waals surface area (Å²) in [5.74, 6) is -0.603. The van der Waals surface area contributed by atoms with Crippen molar-refractivity contribution in [1.29, 1.82) is 5.26 Å². The zero-order chi connectivity index (χ0) is 14.7. The van der Waals surface area contributed by atoms with Crippen LogP contribution in [0.2, 0.25) is 0 Å². The van der Waals surface area contributed by atoms with Crippen molar-refractivity contribution in [1.82, 2.24) is 0 Å². The predicted octanol–water partition coefficient (Wildman–Crippen LogP) is 4.16. The van der Waals surface area contributed by atoms with Crippen LogP contribution in [-0.2, 0) is 0 Å². The van der Waals surface area contributed by atoms with E-state index in [1.54, 1.807) is 0 Å². The van der Waals surface area contributed by atoms with Gasteiger partial charge in [0.05, 0.1) is 21.0 Å². The summed E-state index contributed by atoms with van der Waals surface area (Å²) in [7, 11) is 0. The molecule has 0 N–H and O–H groups in total. The van der Waals surface area contributed by atoms with Crippen molar-refractivity contribution < 1.29 is 14.1 Å². The molecule has 20 heavy (non-hydrogen) atoms. The maximum absolute atomic E-state index is 13.5. The van der Waals surface area contributed by atoms with Gasteiger partial charge < -0.3 is 4.74 Å². The first-order chi connectivity index (χ1) is 9.51. The van der Waals surface area contributed by atoms with Gasteiger partial charge in [0.1, 0.15) is 11.6 Å². The van der Waals surface area contributed by atoms with Crippen LogP contribution in [0.1, 0.15) is 5.56 Å². The van der Waals surface area contributed by atoms with Gasteiger partial charge >= 0.3 is 5.69 Å². The van der Waals surface area contributed by atoms with E-state index >= 15 is 0 Å². The number of benzene rings is 2. The van der Waals surface area contributed by atoms with Crippen LogP contribution in [0.5, 0.6) is 11.5 Å². The molecule has 0 saturated carbocycles. The number of hydrogen-bond acceptors (Lipinski definition) is 4. The first kappa shape index (κ1) is 14.0. The Kier molecular flexibility index (Phi) is 3.96. The van der Waals surface area contributed by atoms with Gasteiger partial charge in [-0.25, -0.2) is 4.39 Å². The number of nitriles is 1. The lowest BCUT2D eigenvalue weighted by atomic mass is 10.2. The van der Waals surface area contributed by atoms with Gasteiger partial charge in [-0.05, 0) is 40.2 Å². The summed E-state index contributed by atoms with van der Waals surface area (Å²) in [6.45, 7) is 0. The van der Waals surface area contributed by atoms with E-state index in [0.717, 1.165) is 12.1 Å². The van der Waals surface area contributed by atoms with E-state index < -0.39 is 10.7 Å². The van der Waals surface area contributed by atoms with Crippen LogP contribution < -0.4 is 4.74 Å². The highest BCUT2D eigenvalue weighted by Crippen LogP contribution is 2.35. The quantitative estimate of drug-likeness (QED) is 0.622. The standard InChI is InChI=1S/C13H6BrFN2O3/c14-10-5-12(17(18)19)13(6-11(10)15)20-9-3-1-8(7-16)2-4-9/h1-6H. The number of nitro benzene ring substituents is 1. The highest BCUT2D eigenvalue weighted by molar-refractivity contribution is 9.10. The minimum absolute atomic E-state index is 0.0172. The fourth-order valence-corrected chi connectivity index (χ4v) is 1.80. The first-order valence-electron chi connectivity index (χ1n) is 5.32. The summed E-state index contributed by atoms with van der Waals surface area (Å²) in [4.78, 5) is 10.3. The summed E-state index contributed by atoms with van der Waals surface area (Å²) >= 11 is 2.88. The van der Waals surface area contributed by atoms with E-state index in [0.29, 0.717) is 5.56 Å². The molecule has 5 nitrogen and oxygen atoms in total. The molecule has 0 radical (unpaired) electrons. The molecular weight excluding hydrogens is 331 g/mol. The highest BCUT2D eigenvalue weighted by atomic mass is 79.9. The number of rotatable bonds is 3. The van der Waals surface area contributed by atoms with Crippen LogP contribution in [0.3, 0.4) is 0 Å². The van der Waals surface area contributed by atoms with Gasteiger partial charge in [-0.3, -0.25) is 10.1 Å². The average Bonchev–Trinajstić information content (AvgIpc) is 2.43. The summed E-state index contributed by atoms with van der Waals surface area (Å²) < 4.78 is 18.7. The minimum atomic E-state index is -0.667. The first-order valence-corrected chi connectivity index (χ1v) is 6.12. The monoisotopic (exact) mass is 336 g/mol. The Morgan fingerprint density at radius 1 is 1.30 bits per heavy atom. The van der Waals surface area contributed by atoms with Gasteiger partial charge in [-0.15, -0.1) is 0 Å². The lowest BCUT2D eigenvalue weighted by Crippen LogP contribution is -1.95. The third kappa shape index (κ3) is 2.92. The van der Waals surface area contributed by atoms with Crippen LogP contribution >= 0.6 is 15.9 Å². The van der Waals surface area contributed by atoms with Crippen molar-refractivity contribution >= 4 is 21.6 Å². The third-order valence-electron chi connectivity index (χ3n) is 2.41. The molecular formula is C13H6BrFN2O3. The van der Waals surface area contributed by atoms with Crippen molar-refractivity contribution in [2.45, 2.75) is 0 Å². The van der Waals surface area contributed by atoms with E-state index in [4.69, 9.17) is 10.00 Å². The molecule has 0 heterocycles.